The largest absolute Gasteiger partial charge is 0.459 e. The Kier molecular flexibility index (Phi) is 7.18. The van der Waals surface area contributed by atoms with Gasteiger partial charge in [0.1, 0.15) is 0 Å². The predicted molar refractivity (Wildman–Crippen MR) is 95.7 cm³/mol. The molecule has 1 fully saturated rings. The van der Waals surface area contributed by atoms with Crippen LogP contribution in [0.1, 0.15) is 30.8 Å². The molecule has 146 valence electrons. The van der Waals surface area contributed by atoms with Crippen LogP contribution in [0.4, 0.5) is 0 Å². The highest BCUT2D eigenvalue weighted by molar-refractivity contribution is 7.86. The molecule has 1 aliphatic heterocycles. The second-order valence-electron chi connectivity index (χ2n) is 5.86. The van der Waals surface area contributed by atoms with E-state index in [1.165, 1.54) is 14.9 Å². The standard InChI is InChI=1S/C16H26N4O5S/c1-3-19(4-2)26(23,24)20-11-9-18(10-12-20)15(21)7-8-17-16(22)14-6-5-13-25-14/h5-6,13H,3-4,7-12H2,1-2H3,(H,17,22). The van der Waals surface area contributed by atoms with Crippen LogP contribution in [0.15, 0.2) is 22.8 Å². The van der Waals surface area contributed by atoms with E-state index in [0.717, 1.165) is 0 Å². The van der Waals surface area contributed by atoms with E-state index in [4.69, 9.17) is 4.42 Å². The number of piperazine rings is 1. The molecular formula is C16H26N4O5S. The van der Waals surface area contributed by atoms with Gasteiger partial charge in [0.15, 0.2) is 5.76 Å². The Morgan fingerprint density at radius 3 is 2.38 bits per heavy atom. The smallest absolute Gasteiger partial charge is 0.286 e. The van der Waals surface area contributed by atoms with Crippen molar-refractivity contribution in [3.05, 3.63) is 24.2 Å². The zero-order valence-corrected chi connectivity index (χ0v) is 16.0. The average molecular weight is 386 g/mol. The van der Waals surface area contributed by atoms with Gasteiger partial charge in [-0.2, -0.15) is 17.0 Å². The normalized spacial score (nSPS) is 16.0. The third-order valence-electron chi connectivity index (χ3n) is 4.32. The molecule has 9 nitrogen and oxygen atoms in total. The molecule has 0 spiro atoms. The van der Waals surface area contributed by atoms with Crippen molar-refractivity contribution in [1.82, 2.24) is 18.8 Å². The summed E-state index contributed by atoms with van der Waals surface area (Å²) in [5.74, 6) is -0.268. The highest BCUT2D eigenvalue weighted by Gasteiger charge is 2.31. The van der Waals surface area contributed by atoms with Gasteiger partial charge in [0.05, 0.1) is 6.26 Å². The van der Waals surface area contributed by atoms with Crippen LogP contribution >= 0.6 is 0 Å². The average Bonchev–Trinajstić information content (AvgIpc) is 3.17. The van der Waals surface area contributed by atoms with Gasteiger partial charge in [-0.05, 0) is 12.1 Å². The summed E-state index contributed by atoms with van der Waals surface area (Å²) in [7, 11) is -3.47. The lowest BCUT2D eigenvalue weighted by Gasteiger charge is -2.36. The van der Waals surface area contributed by atoms with E-state index in [2.05, 4.69) is 5.32 Å². The zero-order valence-electron chi connectivity index (χ0n) is 15.2. The van der Waals surface area contributed by atoms with E-state index >= 15 is 0 Å². The van der Waals surface area contributed by atoms with Crippen molar-refractivity contribution < 1.29 is 22.4 Å². The summed E-state index contributed by atoms with van der Waals surface area (Å²) in [6.07, 6.45) is 1.57. The fourth-order valence-corrected chi connectivity index (χ4v) is 4.42. The van der Waals surface area contributed by atoms with Gasteiger partial charge >= 0.3 is 0 Å². The Balaban J connectivity index is 1.77. The van der Waals surface area contributed by atoms with E-state index in [-0.39, 0.29) is 43.6 Å². The van der Waals surface area contributed by atoms with Crippen molar-refractivity contribution in [2.75, 3.05) is 45.8 Å². The molecule has 0 saturated carbocycles. The van der Waals surface area contributed by atoms with Gasteiger partial charge in [-0.1, -0.05) is 13.8 Å². The lowest BCUT2D eigenvalue weighted by molar-refractivity contribution is -0.132. The molecule has 0 aliphatic carbocycles. The Labute approximate surface area is 154 Å². The SMILES string of the molecule is CCN(CC)S(=O)(=O)N1CCN(C(=O)CCNC(=O)c2ccco2)CC1. The number of carbonyl (C=O) groups excluding carboxylic acids is 2. The highest BCUT2D eigenvalue weighted by atomic mass is 32.2. The third kappa shape index (κ3) is 4.83. The number of furan rings is 1. The maximum Gasteiger partial charge on any atom is 0.286 e. The van der Waals surface area contributed by atoms with E-state index in [1.54, 1.807) is 30.9 Å². The lowest BCUT2D eigenvalue weighted by Crippen LogP contribution is -2.54. The van der Waals surface area contributed by atoms with Crippen molar-refractivity contribution in [1.29, 1.82) is 0 Å². The number of rotatable bonds is 8. The summed E-state index contributed by atoms with van der Waals surface area (Å²) in [5.41, 5.74) is 0. The van der Waals surface area contributed by atoms with Gasteiger partial charge < -0.3 is 14.6 Å². The maximum absolute atomic E-state index is 12.5. The molecule has 10 heteroatoms. The second-order valence-corrected chi connectivity index (χ2v) is 7.78. The minimum atomic E-state index is -3.47. The van der Waals surface area contributed by atoms with Crippen LogP contribution < -0.4 is 5.32 Å². The molecule has 0 atom stereocenters. The number of amides is 2. The summed E-state index contributed by atoms with van der Waals surface area (Å²) in [6, 6.07) is 3.17. The topological polar surface area (TPSA) is 103 Å². The maximum atomic E-state index is 12.5. The van der Waals surface area contributed by atoms with E-state index in [9.17, 15) is 18.0 Å². The molecule has 2 amide bonds. The van der Waals surface area contributed by atoms with Crippen LogP contribution in [0, 0.1) is 0 Å². The first kappa shape index (κ1) is 20.4. The molecule has 0 radical (unpaired) electrons. The van der Waals surface area contributed by atoms with Crippen molar-refractivity contribution in [3.8, 4) is 0 Å². The van der Waals surface area contributed by atoms with Gasteiger partial charge in [-0.15, -0.1) is 0 Å². The molecule has 0 aromatic carbocycles. The summed E-state index contributed by atoms with van der Waals surface area (Å²) in [6.45, 7) is 5.93. The van der Waals surface area contributed by atoms with Gasteiger partial charge in [0.2, 0.25) is 5.91 Å². The van der Waals surface area contributed by atoms with Crippen LogP contribution in [-0.4, -0.2) is 79.6 Å². The summed E-state index contributed by atoms with van der Waals surface area (Å²) in [4.78, 5) is 25.6. The molecule has 0 bridgehead atoms. The first-order chi connectivity index (χ1) is 12.4. The molecule has 1 aromatic rings. The van der Waals surface area contributed by atoms with Crippen molar-refractivity contribution in [3.63, 3.8) is 0 Å². The Morgan fingerprint density at radius 1 is 1.19 bits per heavy atom. The van der Waals surface area contributed by atoms with Gasteiger partial charge in [-0.25, -0.2) is 0 Å². The van der Waals surface area contributed by atoms with Crippen molar-refractivity contribution >= 4 is 22.0 Å². The quantitative estimate of drug-likeness (QED) is 0.684. The van der Waals surface area contributed by atoms with Crippen LogP contribution in [0.25, 0.3) is 0 Å². The minimum absolute atomic E-state index is 0.107. The molecule has 1 saturated heterocycles. The van der Waals surface area contributed by atoms with Gasteiger partial charge in [0.25, 0.3) is 16.1 Å². The Morgan fingerprint density at radius 2 is 1.85 bits per heavy atom. The van der Waals surface area contributed by atoms with E-state index in [0.29, 0.717) is 26.2 Å². The fraction of sp³-hybridized carbons (Fsp3) is 0.625. The molecule has 1 N–H and O–H groups in total. The Bertz CT molecular complexity index is 692. The molecule has 2 heterocycles. The number of nitrogens with zero attached hydrogens (tertiary/aromatic N) is 3. The van der Waals surface area contributed by atoms with Crippen molar-refractivity contribution in [2.45, 2.75) is 20.3 Å². The fourth-order valence-electron chi connectivity index (χ4n) is 2.82. The predicted octanol–water partition coefficient (Wildman–Crippen LogP) is 0.130. The van der Waals surface area contributed by atoms with Crippen LogP contribution in [0.5, 0.6) is 0 Å². The number of hydrogen-bond donors (Lipinski definition) is 1. The third-order valence-corrected chi connectivity index (χ3v) is 6.51. The number of carbonyl (C=O) groups is 2. The highest BCUT2D eigenvalue weighted by Crippen LogP contribution is 2.12. The monoisotopic (exact) mass is 386 g/mol. The number of hydrogen-bond acceptors (Lipinski definition) is 5. The van der Waals surface area contributed by atoms with Gasteiger partial charge in [-0.3, -0.25) is 9.59 Å². The summed E-state index contributed by atoms with van der Waals surface area (Å²) >= 11 is 0. The second kappa shape index (κ2) is 9.15. The Hall–Kier alpha value is -1.91. The van der Waals surface area contributed by atoms with E-state index < -0.39 is 10.2 Å². The van der Waals surface area contributed by atoms with Crippen LogP contribution in [0.3, 0.4) is 0 Å². The van der Waals surface area contributed by atoms with Crippen molar-refractivity contribution in [2.24, 2.45) is 0 Å². The lowest BCUT2D eigenvalue weighted by atomic mass is 10.3. The molecule has 0 unspecified atom stereocenters. The first-order valence-electron chi connectivity index (χ1n) is 8.74. The van der Waals surface area contributed by atoms with Gasteiger partial charge in [0, 0.05) is 52.2 Å². The molecular weight excluding hydrogens is 360 g/mol. The summed E-state index contributed by atoms with van der Waals surface area (Å²) < 4.78 is 32.8. The summed E-state index contributed by atoms with van der Waals surface area (Å²) in [5, 5.41) is 2.63. The molecule has 26 heavy (non-hydrogen) atoms. The van der Waals surface area contributed by atoms with E-state index in [1.807, 2.05) is 0 Å². The first-order valence-corrected chi connectivity index (χ1v) is 10.1. The molecule has 1 aliphatic rings. The zero-order chi connectivity index (χ0) is 19.2. The number of nitrogens with one attached hydrogen (secondary N) is 1. The minimum Gasteiger partial charge on any atom is -0.459 e. The molecule has 2 rings (SSSR count). The van der Waals surface area contributed by atoms with Crippen LogP contribution in [0.2, 0.25) is 0 Å². The molecule has 1 aromatic heterocycles. The van der Waals surface area contributed by atoms with Crippen LogP contribution in [-0.2, 0) is 15.0 Å².